The quantitative estimate of drug-likeness (QED) is 0.417. The summed E-state index contributed by atoms with van der Waals surface area (Å²) in [4.78, 5) is 22.4. The second-order valence-corrected chi connectivity index (χ2v) is 5.68. The summed E-state index contributed by atoms with van der Waals surface area (Å²) in [5.41, 5.74) is -0.772. The van der Waals surface area contributed by atoms with Gasteiger partial charge in [0.1, 0.15) is 12.2 Å². The summed E-state index contributed by atoms with van der Waals surface area (Å²) in [6.45, 7) is 4.45. The largest absolute Gasteiger partial charge is 0.457 e. The molecule has 5 atom stereocenters. The van der Waals surface area contributed by atoms with Gasteiger partial charge >= 0.3 is 23.3 Å². The van der Waals surface area contributed by atoms with E-state index in [4.69, 9.17) is 18.2 Å². The molecule has 1 N–H and O–H groups in total. The van der Waals surface area contributed by atoms with Gasteiger partial charge in [-0.1, -0.05) is 6.58 Å². The highest BCUT2D eigenvalue weighted by molar-refractivity contribution is 7.74. The summed E-state index contributed by atoms with van der Waals surface area (Å²) in [6.07, 6.45) is 0.237. The average molecular weight is 320 g/mol. The zero-order chi connectivity index (χ0) is 15.6. The molecular formula is C12H16O8S. The second kappa shape index (κ2) is 6.22. The van der Waals surface area contributed by atoms with Crippen LogP contribution in [0.2, 0.25) is 0 Å². The third kappa shape index (κ3) is 3.67. The van der Waals surface area contributed by atoms with Crippen molar-refractivity contribution in [2.45, 2.75) is 43.7 Å². The van der Waals surface area contributed by atoms with Crippen molar-refractivity contribution < 1.29 is 36.7 Å². The van der Waals surface area contributed by atoms with Gasteiger partial charge < -0.3 is 14.2 Å². The molecule has 0 saturated carbocycles. The Morgan fingerprint density at radius 3 is 2.81 bits per heavy atom. The molecule has 2 heterocycles. The first-order valence-corrected chi connectivity index (χ1v) is 7.31. The van der Waals surface area contributed by atoms with Crippen molar-refractivity contribution >= 4 is 23.3 Å². The van der Waals surface area contributed by atoms with E-state index < -0.39 is 53.8 Å². The molecule has 2 rings (SSSR count). The van der Waals surface area contributed by atoms with Gasteiger partial charge in [-0.05, 0) is 6.92 Å². The van der Waals surface area contributed by atoms with Gasteiger partial charge in [0, 0.05) is 18.9 Å². The molecule has 9 heteroatoms. The van der Waals surface area contributed by atoms with Crippen LogP contribution in [0.1, 0.15) is 19.8 Å². The molecule has 8 nitrogen and oxygen atoms in total. The molecule has 2 aliphatic rings. The molecule has 2 saturated heterocycles. The Bertz CT molecular complexity index is 478. The lowest BCUT2D eigenvalue weighted by atomic mass is 9.85. The Morgan fingerprint density at radius 1 is 1.57 bits per heavy atom. The summed E-state index contributed by atoms with van der Waals surface area (Å²) in [5.74, 6) is -1.39. The monoisotopic (exact) mass is 320 g/mol. The third-order valence-electron chi connectivity index (χ3n) is 3.55. The molecule has 0 spiro atoms. The van der Waals surface area contributed by atoms with E-state index in [1.54, 1.807) is 6.92 Å². The minimum atomic E-state index is -2.37. The van der Waals surface area contributed by atoms with Crippen molar-refractivity contribution in [3.63, 3.8) is 0 Å². The maximum atomic E-state index is 11.6. The number of hydrogen-bond acceptors (Lipinski definition) is 7. The molecule has 2 aliphatic heterocycles. The van der Waals surface area contributed by atoms with Crippen molar-refractivity contribution in [1.29, 1.82) is 0 Å². The molecule has 0 radical (unpaired) electrons. The number of fused-ring (bicyclic) bond motifs is 2. The lowest BCUT2D eigenvalue weighted by molar-refractivity contribution is -0.162. The summed E-state index contributed by atoms with van der Waals surface area (Å²) >= 11 is -2.37. The molecule has 5 unspecified atom stereocenters. The maximum Gasteiger partial charge on any atom is 0.344 e. The number of carbonyl (C=O) groups excluding carboxylic acids is 2. The molecular weight excluding hydrogens is 304 g/mol. The van der Waals surface area contributed by atoms with Crippen molar-refractivity contribution in [3.8, 4) is 0 Å². The van der Waals surface area contributed by atoms with Gasteiger partial charge in [-0.25, -0.2) is 9.59 Å². The fraction of sp³-hybridized carbons (Fsp3) is 0.667. The van der Waals surface area contributed by atoms with E-state index in [2.05, 4.69) is 11.3 Å². The molecule has 0 aromatic rings. The Labute approximate surface area is 123 Å². The number of carbonyl (C=O) groups is 2. The molecule has 0 aromatic carbocycles. The third-order valence-corrected chi connectivity index (χ3v) is 3.95. The van der Waals surface area contributed by atoms with E-state index in [1.807, 2.05) is 0 Å². The van der Waals surface area contributed by atoms with Crippen molar-refractivity contribution in [1.82, 2.24) is 0 Å². The summed E-state index contributed by atoms with van der Waals surface area (Å²) < 4.78 is 39.8. The lowest BCUT2D eigenvalue weighted by Gasteiger charge is -2.29. The highest BCUT2D eigenvalue weighted by Gasteiger charge is 2.58. The zero-order valence-electron chi connectivity index (χ0n) is 11.4. The van der Waals surface area contributed by atoms with Crippen LogP contribution < -0.4 is 0 Å². The fourth-order valence-corrected chi connectivity index (χ4v) is 3.10. The highest BCUT2D eigenvalue weighted by Crippen LogP contribution is 2.46. The van der Waals surface area contributed by atoms with Crippen LogP contribution in [0, 0.1) is 0 Å². The lowest BCUT2D eigenvalue weighted by Crippen LogP contribution is -2.42. The Kier molecular flexibility index (Phi) is 4.77. The molecule has 2 fully saturated rings. The summed E-state index contributed by atoms with van der Waals surface area (Å²) in [7, 11) is 0. The Balaban J connectivity index is 1.84. The first kappa shape index (κ1) is 16.1. The first-order chi connectivity index (χ1) is 9.84. The number of hydrogen-bond donors (Lipinski definition) is 1. The highest BCUT2D eigenvalue weighted by atomic mass is 32.2. The van der Waals surface area contributed by atoms with Crippen LogP contribution in [0.3, 0.4) is 0 Å². The van der Waals surface area contributed by atoms with Gasteiger partial charge in [-0.2, -0.15) is 4.21 Å². The van der Waals surface area contributed by atoms with Gasteiger partial charge in [-0.3, -0.25) is 8.74 Å². The van der Waals surface area contributed by atoms with Gasteiger partial charge in [-0.15, -0.1) is 0 Å². The van der Waals surface area contributed by atoms with Gasteiger partial charge in [0.25, 0.3) is 0 Å². The van der Waals surface area contributed by atoms with E-state index in [9.17, 15) is 13.8 Å². The van der Waals surface area contributed by atoms with Crippen LogP contribution in [-0.4, -0.2) is 51.2 Å². The predicted octanol–water partition coefficient (Wildman–Crippen LogP) is 0.101. The molecule has 2 bridgehead atoms. The molecule has 0 amide bonds. The minimum Gasteiger partial charge on any atom is -0.457 e. The predicted molar refractivity (Wildman–Crippen MR) is 69.2 cm³/mol. The van der Waals surface area contributed by atoms with Crippen molar-refractivity contribution in [2.24, 2.45) is 0 Å². The minimum absolute atomic E-state index is 0.348. The maximum absolute atomic E-state index is 11.6. The van der Waals surface area contributed by atoms with E-state index in [-0.39, 0.29) is 0 Å². The van der Waals surface area contributed by atoms with Crippen molar-refractivity contribution in [2.75, 3.05) is 6.61 Å². The van der Waals surface area contributed by atoms with E-state index >= 15 is 0 Å². The number of rotatable bonds is 6. The fourth-order valence-electron chi connectivity index (χ4n) is 2.62. The van der Waals surface area contributed by atoms with Gasteiger partial charge in [0.15, 0.2) is 6.61 Å². The zero-order valence-corrected chi connectivity index (χ0v) is 12.2. The van der Waals surface area contributed by atoms with Crippen LogP contribution in [0.15, 0.2) is 12.7 Å². The molecule has 0 aliphatic carbocycles. The summed E-state index contributed by atoms with van der Waals surface area (Å²) in [5, 5.41) is 0. The Hall–Kier alpha value is -1.29. The molecule has 0 aromatic heterocycles. The number of esters is 2. The molecule has 21 heavy (non-hydrogen) atoms. The smallest absolute Gasteiger partial charge is 0.344 e. The average Bonchev–Trinajstić information content (AvgIpc) is 2.87. The summed E-state index contributed by atoms with van der Waals surface area (Å²) in [6, 6.07) is 0. The Morgan fingerprint density at radius 2 is 2.29 bits per heavy atom. The number of ether oxygens (including phenoxy) is 3. The van der Waals surface area contributed by atoms with Crippen LogP contribution in [0.5, 0.6) is 0 Å². The molecule has 118 valence electrons. The van der Waals surface area contributed by atoms with E-state index in [1.165, 1.54) is 0 Å². The van der Waals surface area contributed by atoms with E-state index in [0.717, 1.165) is 6.08 Å². The normalized spacial score (nSPS) is 35.2. The van der Waals surface area contributed by atoms with Crippen molar-refractivity contribution in [3.05, 3.63) is 12.7 Å². The topological polar surface area (TPSA) is 108 Å². The first-order valence-electron chi connectivity index (χ1n) is 6.28. The van der Waals surface area contributed by atoms with Gasteiger partial charge in [0.2, 0.25) is 0 Å². The van der Waals surface area contributed by atoms with Crippen LogP contribution in [0.25, 0.3) is 0 Å². The van der Waals surface area contributed by atoms with Crippen LogP contribution in [-0.2, 0) is 39.3 Å². The van der Waals surface area contributed by atoms with Crippen LogP contribution >= 0.6 is 0 Å². The van der Waals surface area contributed by atoms with Gasteiger partial charge in [0.05, 0.1) is 11.7 Å². The van der Waals surface area contributed by atoms with E-state index in [0.29, 0.717) is 12.8 Å². The standard InChI is InChI=1S/C12H16O8S/c1-3-10(13)17-6-11(14)18-8-5-12(2)9(20-21(15)16)4-7(8)19-12/h3,7-9H,1,4-6H2,2H3,(H,15,16). The second-order valence-electron chi connectivity index (χ2n) is 5.05. The SMILES string of the molecule is C=CC(=O)OCC(=O)OC1CC2(C)OC1CC2OS(=O)O. The van der Waals surface area contributed by atoms with Crippen LogP contribution in [0.4, 0.5) is 0 Å².